The number of ether oxygens (including phenoxy) is 1. The molecule has 0 saturated carbocycles. The molecule has 0 amide bonds. The van der Waals surface area contributed by atoms with Crippen molar-refractivity contribution in [1.29, 1.82) is 0 Å². The van der Waals surface area contributed by atoms with Crippen LogP contribution in [0.15, 0.2) is 18.2 Å². The van der Waals surface area contributed by atoms with E-state index < -0.39 is 0 Å². The summed E-state index contributed by atoms with van der Waals surface area (Å²) in [4.78, 5) is 11.6. The average Bonchev–Trinajstić information content (AvgIpc) is 2.60. The minimum atomic E-state index is 0.135. The normalized spacial score (nSPS) is 18.4. The van der Waals surface area contributed by atoms with E-state index in [4.69, 9.17) is 4.74 Å². The Morgan fingerprint density at radius 2 is 2.25 bits per heavy atom. The Bertz CT molecular complexity index is 407. The van der Waals surface area contributed by atoms with Crippen LogP contribution in [0, 0.1) is 5.92 Å². The molecule has 1 heterocycles. The zero-order valence-electron chi connectivity index (χ0n) is 10.1. The summed E-state index contributed by atoms with van der Waals surface area (Å²) in [5.74, 6) is 2.05. The van der Waals surface area contributed by atoms with E-state index in [0.29, 0.717) is 11.8 Å². The summed E-state index contributed by atoms with van der Waals surface area (Å²) in [7, 11) is 0. The van der Waals surface area contributed by atoms with Crippen LogP contribution < -0.4 is 4.74 Å². The number of carbonyl (C=O) groups is 1. The first-order valence-electron chi connectivity index (χ1n) is 5.86. The highest BCUT2D eigenvalue weighted by Crippen LogP contribution is 2.39. The number of benzene rings is 1. The van der Waals surface area contributed by atoms with Gasteiger partial charge in [-0.05, 0) is 25.3 Å². The van der Waals surface area contributed by atoms with Crippen molar-refractivity contribution in [3.8, 4) is 5.75 Å². The quantitative estimate of drug-likeness (QED) is 0.727. The van der Waals surface area contributed by atoms with Gasteiger partial charge in [-0.15, -0.1) is 0 Å². The molecule has 0 N–H and O–H groups in total. The Morgan fingerprint density at radius 3 is 2.88 bits per heavy atom. The molecule has 1 aromatic rings. The number of ketones is 1. The van der Waals surface area contributed by atoms with Gasteiger partial charge in [-0.2, -0.15) is 0 Å². The third-order valence-electron chi connectivity index (χ3n) is 3.05. The molecule has 0 fully saturated rings. The Morgan fingerprint density at radius 1 is 1.50 bits per heavy atom. The molecular weight excluding hydrogens is 200 g/mol. The molecule has 16 heavy (non-hydrogen) atoms. The van der Waals surface area contributed by atoms with Gasteiger partial charge in [0.1, 0.15) is 5.75 Å². The van der Waals surface area contributed by atoms with Crippen molar-refractivity contribution in [2.24, 2.45) is 5.92 Å². The van der Waals surface area contributed by atoms with Gasteiger partial charge < -0.3 is 4.74 Å². The topological polar surface area (TPSA) is 26.3 Å². The molecule has 0 spiro atoms. The molecule has 1 aliphatic rings. The van der Waals surface area contributed by atoms with E-state index in [1.165, 1.54) is 0 Å². The van der Waals surface area contributed by atoms with E-state index in [0.717, 1.165) is 29.9 Å². The van der Waals surface area contributed by atoms with E-state index in [2.05, 4.69) is 13.8 Å². The molecule has 86 valence electrons. The lowest BCUT2D eigenvalue weighted by Gasteiger charge is -2.13. The summed E-state index contributed by atoms with van der Waals surface area (Å²) in [6.07, 6.45) is 1.08. The maximum absolute atomic E-state index is 11.6. The molecule has 0 radical (unpaired) electrons. The molecule has 1 aliphatic heterocycles. The smallest absolute Gasteiger partial charge is 0.160 e. The molecule has 0 bridgehead atoms. The Kier molecular flexibility index (Phi) is 2.99. The molecule has 2 rings (SSSR count). The van der Waals surface area contributed by atoms with Gasteiger partial charge in [-0.1, -0.05) is 26.0 Å². The van der Waals surface area contributed by atoms with Gasteiger partial charge in [0.25, 0.3) is 0 Å². The highest BCUT2D eigenvalue weighted by molar-refractivity contribution is 5.96. The minimum absolute atomic E-state index is 0.135. The van der Waals surface area contributed by atoms with Crippen LogP contribution >= 0.6 is 0 Å². The molecule has 0 saturated heterocycles. The fraction of sp³-hybridized carbons (Fsp3) is 0.500. The fourth-order valence-electron chi connectivity index (χ4n) is 2.43. The molecule has 2 nitrogen and oxygen atoms in total. The van der Waals surface area contributed by atoms with Crippen LogP contribution in [0.2, 0.25) is 0 Å². The van der Waals surface area contributed by atoms with Crippen molar-refractivity contribution in [2.45, 2.75) is 33.1 Å². The van der Waals surface area contributed by atoms with Gasteiger partial charge in [-0.3, -0.25) is 4.79 Å². The van der Waals surface area contributed by atoms with Crippen molar-refractivity contribution < 1.29 is 9.53 Å². The van der Waals surface area contributed by atoms with E-state index in [1.54, 1.807) is 6.92 Å². The standard InChI is InChI=1S/C14H18O2/c1-9(2)7-11-8-16-13-6-4-5-12(10(3)15)14(11)13/h4-6,9,11H,7-8H2,1-3H3/t11-/m0/s1. The molecule has 0 unspecified atom stereocenters. The molecule has 0 aromatic heterocycles. The van der Waals surface area contributed by atoms with Gasteiger partial charge >= 0.3 is 0 Å². The lowest BCUT2D eigenvalue weighted by molar-refractivity contribution is 0.101. The SMILES string of the molecule is CC(=O)c1cccc2c1[C@@H](CC(C)C)CO2. The van der Waals surface area contributed by atoms with Crippen LogP contribution in [0.25, 0.3) is 0 Å². The zero-order valence-corrected chi connectivity index (χ0v) is 10.1. The monoisotopic (exact) mass is 218 g/mol. The molecule has 2 heteroatoms. The second-order valence-corrected chi connectivity index (χ2v) is 4.91. The van der Waals surface area contributed by atoms with Gasteiger partial charge in [-0.25, -0.2) is 0 Å². The average molecular weight is 218 g/mol. The van der Waals surface area contributed by atoms with Crippen LogP contribution in [-0.4, -0.2) is 12.4 Å². The summed E-state index contributed by atoms with van der Waals surface area (Å²) in [6.45, 7) is 6.75. The second-order valence-electron chi connectivity index (χ2n) is 4.91. The maximum atomic E-state index is 11.6. The van der Waals surface area contributed by atoms with Crippen LogP contribution in [0.3, 0.4) is 0 Å². The van der Waals surface area contributed by atoms with Crippen molar-refractivity contribution >= 4 is 5.78 Å². The van der Waals surface area contributed by atoms with Gasteiger partial charge in [0.2, 0.25) is 0 Å². The Hall–Kier alpha value is -1.31. The predicted octanol–water partition coefficient (Wildman–Crippen LogP) is 3.41. The van der Waals surface area contributed by atoms with E-state index >= 15 is 0 Å². The van der Waals surface area contributed by atoms with Gasteiger partial charge in [0.15, 0.2) is 5.78 Å². The third kappa shape index (κ3) is 1.97. The minimum Gasteiger partial charge on any atom is -0.493 e. The van der Waals surface area contributed by atoms with Crippen molar-refractivity contribution in [1.82, 2.24) is 0 Å². The molecular formula is C14H18O2. The summed E-state index contributed by atoms with van der Waals surface area (Å²) >= 11 is 0. The summed E-state index contributed by atoms with van der Waals surface area (Å²) < 4.78 is 5.65. The number of hydrogen-bond acceptors (Lipinski definition) is 2. The van der Waals surface area contributed by atoms with Gasteiger partial charge in [0, 0.05) is 17.0 Å². The van der Waals surface area contributed by atoms with Crippen LogP contribution in [0.1, 0.15) is 49.0 Å². The van der Waals surface area contributed by atoms with E-state index in [-0.39, 0.29) is 5.78 Å². The predicted molar refractivity (Wildman–Crippen MR) is 64.1 cm³/mol. The van der Waals surface area contributed by atoms with Crippen LogP contribution in [0.5, 0.6) is 5.75 Å². The summed E-state index contributed by atoms with van der Waals surface area (Å²) in [5, 5.41) is 0. The van der Waals surface area contributed by atoms with E-state index in [1.807, 2.05) is 18.2 Å². The first-order chi connectivity index (χ1) is 7.59. The first kappa shape index (κ1) is 11.2. The lowest BCUT2D eigenvalue weighted by Crippen LogP contribution is -2.07. The molecule has 1 atom stereocenters. The molecule has 1 aromatic carbocycles. The highest BCUT2D eigenvalue weighted by Gasteiger charge is 2.28. The van der Waals surface area contributed by atoms with Crippen LogP contribution in [0.4, 0.5) is 0 Å². The van der Waals surface area contributed by atoms with Gasteiger partial charge in [0.05, 0.1) is 6.61 Å². The maximum Gasteiger partial charge on any atom is 0.160 e. The number of fused-ring (bicyclic) bond motifs is 1. The van der Waals surface area contributed by atoms with Crippen molar-refractivity contribution in [3.63, 3.8) is 0 Å². The zero-order chi connectivity index (χ0) is 11.7. The summed E-state index contributed by atoms with van der Waals surface area (Å²) in [5.41, 5.74) is 1.96. The second kappa shape index (κ2) is 4.28. The number of carbonyl (C=O) groups excluding carboxylic acids is 1. The molecule has 0 aliphatic carbocycles. The lowest BCUT2D eigenvalue weighted by atomic mass is 9.88. The van der Waals surface area contributed by atoms with Crippen LogP contribution in [-0.2, 0) is 0 Å². The first-order valence-corrected chi connectivity index (χ1v) is 5.86. The highest BCUT2D eigenvalue weighted by atomic mass is 16.5. The Labute approximate surface area is 96.6 Å². The van der Waals surface area contributed by atoms with Crippen molar-refractivity contribution in [3.05, 3.63) is 29.3 Å². The number of rotatable bonds is 3. The van der Waals surface area contributed by atoms with Crippen molar-refractivity contribution in [2.75, 3.05) is 6.61 Å². The number of hydrogen-bond donors (Lipinski definition) is 0. The summed E-state index contributed by atoms with van der Waals surface area (Å²) in [6, 6.07) is 5.76. The van der Waals surface area contributed by atoms with E-state index in [9.17, 15) is 4.79 Å². The number of Topliss-reactive ketones (excluding diaryl/α,β-unsaturated/α-hetero) is 1. The third-order valence-corrected chi connectivity index (χ3v) is 3.05. The largest absolute Gasteiger partial charge is 0.493 e. The fourth-order valence-corrected chi connectivity index (χ4v) is 2.43. The Balaban J connectivity index is 2.39.